The molecule has 3 heteroatoms. The molecule has 1 fully saturated rings. The van der Waals surface area contributed by atoms with E-state index in [2.05, 4.69) is 13.8 Å². The largest absolute Gasteiger partial charge is 0.465 e. The molecule has 0 N–H and O–H groups in total. The highest BCUT2D eigenvalue weighted by molar-refractivity contribution is 5.69. The lowest BCUT2D eigenvalue weighted by molar-refractivity contribution is -0.151. The van der Waals surface area contributed by atoms with Gasteiger partial charge in [-0.15, -0.1) is 0 Å². The van der Waals surface area contributed by atoms with E-state index in [9.17, 15) is 4.79 Å². The number of ether oxygens (including phenoxy) is 2. The molecule has 0 saturated carbocycles. The van der Waals surface area contributed by atoms with Crippen LogP contribution in [0.1, 0.15) is 84.5 Å². The Morgan fingerprint density at radius 1 is 1.10 bits per heavy atom. The lowest BCUT2D eigenvalue weighted by Crippen LogP contribution is -2.36. The van der Waals surface area contributed by atoms with Crippen LogP contribution in [0.25, 0.3) is 0 Å². The van der Waals surface area contributed by atoms with Crippen LogP contribution in [-0.4, -0.2) is 25.8 Å². The summed E-state index contributed by atoms with van der Waals surface area (Å²) in [5.41, 5.74) is 0.0774. The lowest BCUT2D eigenvalue weighted by Gasteiger charge is -2.35. The minimum absolute atomic E-state index is 0.0260. The van der Waals surface area contributed by atoms with Gasteiger partial charge in [-0.2, -0.15) is 0 Å². The topological polar surface area (TPSA) is 35.5 Å². The molecule has 1 heterocycles. The van der Waals surface area contributed by atoms with Crippen molar-refractivity contribution in [1.29, 1.82) is 0 Å². The number of rotatable bonds is 11. The Bertz CT molecular complexity index is 270. The number of hydrogen-bond donors (Lipinski definition) is 0. The van der Waals surface area contributed by atoms with Crippen LogP contribution in [0.5, 0.6) is 0 Å². The first-order valence-corrected chi connectivity index (χ1v) is 8.96. The first kappa shape index (κ1) is 18.5. The molecular weight excluding hydrogens is 264 g/mol. The Kier molecular flexibility index (Phi) is 9.73. The predicted molar refractivity (Wildman–Crippen MR) is 86.3 cm³/mol. The van der Waals surface area contributed by atoms with Gasteiger partial charge in [0.25, 0.3) is 0 Å². The zero-order valence-corrected chi connectivity index (χ0v) is 14.1. The molecule has 21 heavy (non-hydrogen) atoms. The number of esters is 1. The molecule has 1 aliphatic heterocycles. The standard InChI is InChI=1S/C18H34O3/c1-3-5-6-7-8-9-10-12-17(19)21-16-18(4-2)13-11-14-20-15-18/h3-16H2,1-2H3. The average Bonchev–Trinajstić information content (AvgIpc) is 2.53. The fraction of sp³-hybridized carbons (Fsp3) is 0.944. The van der Waals surface area contributed by atoms with Crippen molar-refractivity contribution in [2.75, 3.05) is 19.8 Å². The number of carbonyl (C=O) groups excluding carboxylic acids is 1. The van der Waals surface area contributed by atoms with Crippen molar-refractivity contribution < 1.29 is 14.3 Å². The molecule has 0 spiro atoms. The Labute approximate surface area is 130 Å². The molecule has 0 aliphatic carbocycles. The highest BCUT2D eigenvalue weighted by Crippen LogP contribution is 2.32. The highest BCUT2D eigenvalue weighted by atomic mass is 16.5. The molecular formula is C18H34O3. The predicted octanol–water partition coefficient (Wildman–Crippen LogP) is 4.88. The Balaban J connectivity index is 2.05. The molecule has 3 nitrogen and oxygen atoms in total. The SMILES string of the molecule is CCCCCCCCCC(=O)OCC1(CC)CCCOC1. The summed E-state index contributed by atoms with van der Waals surface area (Å²) in [6.07, 6.45) is 12.4. The van der Waals surface area contributed by atoms with E-state index in [0.29, 0.717) is 13.0 Å². The molecule has 1 aliphatic rings. The van der Waals surface area contributed by atoms with E-state index < -0.39 is 0 Å². The van der Waals surface area contributed by atoms with Gasteiger partial charge in [0.1, 0.15) is 0 Å². The fourth-order valence-electron chi connectivity index (χ4n) is 2.94. The van der Waals surface area contributed by atoms with Gasteiger partial charge in [-0.25, -0.2) is 0 Å². The summed E-state index contributed by atoms with van der Waals surface area (Å²) in [4.78, 5) is 11.8. The Hall–Kier alpha value is -0.570. The van der Waals surface area contributed by atoms with Crippen molar-refractivity contribution in [1.82, 2.24) is 0 Å². The third kappa shape index (κ3) is 7.85. The van der Waals surface area contributed by atoms with Crippen LogP contribution in [0.4, 0.5) is 0 Å². The molecule has 1 unspecified atom stereocenters. The average molecular weight is 298 g/mol. The fourth-order valence-corrected chi connectivity index (χ4v) is 2.94. The lowest BCUT2D eigenvalue weighted by atomic mass is 9.81. The summed E-state index contributed by atoms with van der Waals surface area (Å²) in [5, 5.41) is 0. The summed E-state index contributed by atoms with van der Waals surface area (Å²) in [6, 6.07) is 0. The van der Waals surface area contributed by atoms with E-state index in [1.54, 1.807) is 0 Å². The van der Waals surface area contributed by atoms with Crippen LogP contribution in [0.15, 0.2) is 0 Å². The maximum Gasteiger partial charge on any atom is 0.305 e. The molecule has 0 aromatic rings. The van der Waals surface area contributed by atoms with Crippen molar-refractivity contribution >= 4 is 5.97 Å². The van der Waals surface area contributed by atoms with E-state index in [4.69, 9.17) is 9.47 Å². The Morgan fingerprint density at radius 2 is 1.81 bits per heavy atom. The molecule has 1 rings (SSSR count). The van der Waals surface area contributed by atoms with Crippen LogP contribution in [0.2, 0.25) is 0 Å². The summed E-state index contributed by atoms with van der Waals surface area (Å²) in [7, 11) is 0. The molecule has 124 valence electrons. The first-order valence-electron chi connectivity index (χ1n) is 8.96. The third-order valence-corrected chi connectivity index (χ3v) is 4.68. The van der Waals surface area contributed by atoms with E-state index in [-0.39, 0.29) is 11.4 Å². The molecule has 1 atom stereocenters. The number of hydrogen-bond acceptors (Lipinski definition) is 3. The van der Waals surface area contributed by atoms with Crippen LogP contribution in [0.3, 0.4) is 0 Å². The van der Waals surface area contributed by atoms with Gasteiger partial charge in [0.2, 0.25) is 0 Å². The third-order valence-electron chi connectivity index (χ3n) is 4.68. The van der Waals surface area contributed by atoms with Gasteiger partial charge in [-0.1, -0.05) is 52.4 Å². The number of unbranched alkanes of at least 4 members (excludes halogenated alkanes) is 6. The van der Waals surface area contributed by atoms with E-state index in [1.807, 2.05) is 0 Å². The molecule has 0 amide bonds. The molecule has 1 saturated heterocycles. The van der Waals surface area contributed by atoms with E-state index >= 15 is 0 Å². The van der Waals surface area contributed by atoms with Crippen LogP contribution >= 0.6 is 0 Å². The zero-order chi connectivity index (χ0) is 15.4. The van der Waals surface area contributed by atoms with Crippen LogP contribution in [-0.2, 0) is 14.3 Å². The molecule has 0 aromatic heterocycles. The van der Waals surface area contributed by atoms with Gasteiger partial charge < -0.3 is 9.47 Å². The van der Waals surface area contributed by atoms with Gasteiger partial charge in [0, 0.05) is 18.4 Å². The quantitative estimate of drug-likeness (QED) is 0.403. The van der Waals surface area contributed by atoms with E-state index in [0.717, 1.165) is 45.3 Å². The molecule has 0 bridgehead atoms. The van der Waals surface area contributed by atoms with Crippen LogP contribution in [0, 0.1) is 5.41 Å². The summed E-state index contributed by atoms with van der Waals surface area (Å²) < 4.78 is 11.1. The molecule has 0 radical (unpaired) electrons. The second-order valence-corrected chi connectivity index (χ2v) is 6.54. The van der Waals surface area contributed by atoms with Crippen LogP contribution < -0.4 is 0 Å². The summed E-state index contributed by atoms with van der Waals surface area (Å²) >= 11 is 0. The van der Waals surface area contributed by atoms with Gasteiger partial charge in [0.15, 0.2) is 0 Å². The number of carbonyl (C=O) groups is 1. The van der Waals surface area contributed by atoms with Gasteiger partial charge in [-0.05, 0) is 25.7 Å². The van der Waals surface area contributed by atoms with Crippen molar-refractivity contribution in [3.05, 3.63) is 0 Å². The maximum atomic E-state index is 11.8. The van der Waals surface area contributed by atoms with Crippen molar-refractivity contribution in [2.45, 2.75) is 84.5 Å². The van der Waals surface area contributed by atoms with Crippen molar-refractivity contribution in [2.24, 2.45) is 5.41 Å². The second kappa shape index (κ2) is 11.1. The van der Waals surface area contributed by atoms with E-state index in [1.165, 1.54) is 32.1 Å². The Morgan fingerprint density at radius 3 is 2.43 bits per heavy atom. The summed E-state index contributed by atoms with van der Waals surface area (Å²) in [5.74, 6) is -0.0260. The normalized spacial score (nSPS) is 22.2. The summed E-state index contributed by atoms with van der Waals surface area (Å²) in [6.45, 7) is 6.54. The van der Waals surface area contributed by atoms with Crippen molar-refractivity contribution in [3.63, 3.8) is 0 Å². The van der Waals surface area contributed by atoms with Gasteiger partial charge in [-0.3, -0.25) is 4.79 Å². The maximum absolute atomic E-state index is 11.8. The van der Waals surface area contributed by atoms with Crippen molar-refractivity contribution in [3.8, 4) is 0 Å². The smallest absolute Gasteiger partial charge is 0.305 e. The second-order valence-electron chi connectivity index (χ2n) is 6.54. The first-order chi connectivity index (χ1) is 10.2. The molecule has 0 aromatic carbocycles. The van der Waals surface area contributed by atoms with Gasteiger partial charge >= 0.3 is 5.97 Å². The minimum atomic E-state index is -0.0260. The zero-order valence-electron chi connectivity index (χ0n) is 14.1. The monoisotopic (exact) mass is 298 g/mol. The minimum Gasteiger partial charge on any atom is -0.465 e. The van der Waals surface area contributed by atoms with Gasteiger partial charge in [0.05, 0.1) is 13.2 Å². The highest BCUT2D eigenvalue weighted by Gasteiger charge is 2.32.